The summed E-state index contributed by atoms with van der Waals surface area (Å²) in [5.41, 5.74) is 4.77. The van der Waals surface area contributed by atoms with Crippen LogP contribution in [0.15, 0.2) is 24.5 Å². The van der Waals surface area contributed by atoms with Crippen LogP contribution in [0.4, 0.5) is 0 Å². The smallest absolute Gasteiger partial charge is 0.276 e. The molecule has 0 bridgehead atoms. The van der Waals surface area contributed by atoms with Gasteiger partial charge in [-0.1, -0.05) is 13.5 Å². The maximum atomic E-state index is 11.6. The number of hydrogen-bond acceptors (Lipinski definition) is 5. The highest BCUT2D eigenvalue weighted by Gasteiger charge is 2.26. The van der Waals surface area contributed by atoms with Gasteiger partial charge in [0, 0.05) is 43.5 Å². The van der Waals surface area contributed by atoms with E-state index in [9.17, 15) is 9.59 Å². The van der Waals surface area contributed by atoms with Crippen LogP contribution in [0, 0.1) is 0 Å². The van der Waals surface area contributed by atoms with E-state index in [2.05, 4.69) is 28.7 Å². The van der Waals surface area contributed by atoms with E-state index in [1.807, 2.05) is 0 Å². The van der Waals surface area contributed by atoms with Crippen LogP contribution in [0.1, 0.15) is 54.7 Å². The van der Waals surface area contributed by atoms with Crippen molar-refractivity contribution in [3.63, 3.8) is 0 Å². The number of hydroxylamine groups is 1. The molecule has 0 fully saturated rings. The molecule has 1 aliphatic rings. The summed E-state index contributed by atoms with van der Waals surface area (Å²) in [6.07, 6.45) is 5.01. The van der Waals surface area contributed by atoms with Crippen LogP contribution in [-0.2, 0) is 17.8 Å². The first-order valence-corrected chi connectivity index (χ1v) is 8.56. The molecule has 1 aromatic rings. The molecule has 1 aromatic heterocycles. The van der Waals surface area contributed by atoms with E-state index in [4.69, 9.17) is 5.21 Å². The van der Waals surface area contributed by atoms with Gasteiger partial charge in [0.25, 0.3) is 5.91 Å². The molecule has 1 atom stereocenters. The first-order valence-electron chi connectivity index (χ1n) is 8.56. The summed E-state index contributed by atoms with van der Waals surface area (Å²) in [6.45, 7) is 9.11. The highest BCUT2D eigenvalue weighted by atomic mass is 16.5. The van der Waals surface area contributed by atoms with Crippen molar-refractivity contribution < 1.29 is 14.8 Å². The largest absolute Gasteiger partial charge is 0.331 e. The summed E-state index contributed by atoms with van der Waals surface area (Å²) < 4.78 is 0. The fourth-order valence-corrected chi connectivity index (χ4v) is 3.22. The highest BCUT2D eigenvalue weighted by Crippen LogP contribution is 2.25. The number of aromatic nitrogens is 1. The predicted molar refractivity (Wildman–Crippen MR) is 93.9 cm³/mol. The van der Waals surface area contributed by atoms with Crippen molar-refractivity contribution in [1.82, 2.24) is 20.7 Å². The molecular weight excluding hydrogens is 320 g/mol. The van der Waals surface area contributed by atoms with Crippen LogP contribution in [0.5, 0.6) is 0 Å². The van der Waals surface area contributed by atoms with Gasteiger partial charge in [0.15, 0.2) is 0 Å². The van der Waals surface area contributed by atoms with Crippen molar-refractivity contribution in [2.75, 3.05) is 6.54 Å². The number of nitrogens with zero attached hydrogens (tertiary/aromatic N) is 2. The van der Waals surface area contributed by atoms with Crippen molar-refractivity contribution in [2.45, 2.75) is 52.1 Å². The van der Waals surface area contributed by atoms with Crippen LogP contribution < -0.4 is 10.8 Å². The van der Waals surface area contributed by atoms with E-state index in [1.54, 1.807) is 11.5 Å². The summed E-state index contributed by atoms with van der Waals surface area (Å²) in [5, 5.41) is 11.5. The Morgan fingerprint density at radius 3 is 2.88 bits per heavy atom. The first-order chi connectivity index (χ1) is 11.9. The van der Waals surface area contributed by atoms with Gasteiger partial charge in [0.1, 0.15) is 0 Å². The zero-order valence-electron chi connectivity index (χ0n) is 14.8. The lowest BCUT2D eigenvalue weighted by Crippen LogP contribution is -2.41. The average Bonchev–Trinajstić information content (AvgIpc) is 2.59. The molecular formula is C18H26N4O3. The molecule has 25 heavy (non-hydrogen) atoms. The molecule has 0 aromatic carbocycles. The first kappa shape index (κ1) is 19.1. The number of carbonyl (C=O) groups excluding carboxylic acids is 2. The van der Waals surface area contributed by atoms with Gasteiger partial charge in [-0.05, 0) is 37.4 Å². The number of rotatable bonds is 7. The van der Waals surface area contributed by atoms with E-state index in [-0.39, 0.29) is 5.91 Å². The lowest BCUT2D eigenvalue weighted by molar-refractivity contribution is -0.118. The van der Waals surface area contributed by atoms with Gasteiger partial charge in [0.2, 0.25) is 5.91 Å². The second-order valence-electron chi connectivity index (χ2n) is 6.40. The van der Waals surface area contributed by atoms with E-state index in [0.717, 1.165) is 55.7 Å². The van der Waals surface area contributed by atoms with E-state index >= 15 is 0 Å². The average molecular weight is 346 g/mol. The minimum Gasteiger partial charge on any atom is -0.331 e. The normalized spacial score (nSPS) is 16.8. The minimum atomic E-state index is -0.550. The van der Waals surface area contributed by atoms with Crippen molar-refractivity contribution in [1.29, 1.82) is 0 Å². The number of fused-ring (bicyclic) bond motifs is 1. The van der Waals surface area contributed by atoms with Gasteiger partial charge in [-0.2, -0.15) is 0 Å². The zero-order valence-corrected chi connectivity index (χ0v) is 14.8. The number of pyridine rings is 1. The van der Waals surface area contributed by atoms with E-state index < -0.39 is 5.91 Å². The Balaban J connectivity index is 2.01. The topological polar surface area (TPSA) is 94.6 Å². The molecule has 7 nitrogen and oxygen atoms in total. The molecule has 2 rings (SSSR count). The molecule has 3 N–H and O–H groups in total. The third-order valence-electron chi connectivity index (χ3n) is 4.49. The molecule has 2 heterocycles. The summed E-state index contributed by atoms with van der Waals surface area (Å²) in [7, 11) is 0. The third kappa shape index (κ3) is 5.11. The fourth-order valence-electron chi connectivity index (χ4n) is 3.22. The lowest BCUT2D eigenvalue weighted by atomic mass is 9.95. The monoisotopic (exact) mass is 346 g/mol. The number of hydrogen-bond donors (Lipinski definition) is 3. The minimum absolute atomic E-state index is 0.0934. The molecule has 1 aliphatic heterocycles. The Kier molecular flexibility index (Phi) is 6.66. The van der Waals surface area contributed by atoms with E-state index in [0.29, 0.717) is 11.6 Å². The maximum Gasteiger partial charge on any atom is 0.276 e. The Morgan fingerprint density at radius 2 is 2.24 bits per heavy atom. The quantitative estimate of drug-likeness (QED) is 0.517. The van der Waals surface area contributed by atoms with Crippen molar-refractivity contribution in [3.05, 3.63) is 41.4 Å². The summed E-state index contributed by atoms with van der Waals surface area (Å²) >= 11 is 0. The molecule has 136 valence electrons. The second-order valence-corrected chi connectivity index (χ2v) is 6.40. The van der Waals surface area contributed by atoms with Gasteiger partial charge in [-0.25, -0.2) is 5.48 Å². The molecule has 7 heteroatoms. The van der Waals surface area contributed by atoms with Crippen LogP contribution >= 0.6 is 0 Å². The van der Waals surface area contributed by atoms with Crippen molar-refractivity contribution in [2.24, 2.45) is 0 Å². The standard InChI is InChI=1S/C18H26N4O3/c1-4-16-9-17-15(8-14(10-19-17)18(24)21-25)11-22(16)7-5-6-12(2)20-13(3)23/h8,10,16,25H,2,4-7,9,11H2,1,3H3,(H,20,23)(H,21,24). The van der Waals surface area contributed by atoms with Crippen LogP contribution in [0.25, 0.3) is 0 Å². The molecule has 0 saturated heterocycles. The summed E-state index contributed by atoms with van der Waals surface area (Å²) in [6, 6.07) is 2.20. The van der Waals surface area contributed by atoms with Crippen molar-refractivity contribution >= 4 is 11.8 Å². The Morgan fingerprint density at radius 1 is 1.48 bits per heavy atom. The van der Waals surface area contributed by atoms with Crippen LogP contribution in [0.2, 0.25) is 0 Å². The molecule has 0 aliphatic carbocycles. The third-order valence-corrected chi connectivity index (χ3v) is 4.49. The van der Waals surface area contributed by atoms with Crippen LogP contribution in [-0.4, -0.2) is 39.5 Å². The summed E-state index contributed by atoms with van der Waals surface area (Å²) in [5.74, 6) is -0.643. The van der Waals surface area contributed by atoms with E-state index in [1.165, 1.54) is 13.1 Å². The maximum absolute atomic E-state index is 11.6. The van der Waals surface area contributed by atoms with Gasteiger partial charge in [-0.3, -0.25) is 24.7 Å². The Bertz CT molecular complexity index is 660. The zero-order chi connectivity index (χ0) is 18.4. The van der Waals surface area contributed by atoms with Crippen molar-refractivity contribution in [3.8, 4) is 0 Å². The Hall–Kier alpha value is -2.25. The fraction of sp³-hybridized carbons (Fsp3) is 0.500. The van der Waals surface area contributed by atoms with Gasteiger partial charge < -0.3 is 5.32 Å². The molecule has 0 radical (unpaired) electrons. The van der Waals surface area contributed by atoms with Gasteiger partial charge in [-0.15, -0.1) is 0 Å². The summed E-state index contributed by atoms with van der Waals surface area (Å²) in [4.78, 5) is 29.4. The molecule has 0 spiro atoms. The second kappa shape index (κ2) is 8.73. The lowest BCUT2D eigenvalue weighted by Gasteiger charge is -2.36. The van der Waals surface area contributed by atoms with Crippen LogP contribution in [0.3, 0.4) is 0 Å². The number of carbonyl (C=O) groups is 2. The SMILES string of the molecule is C=C(CCCN1Cc2cc(C(=O)NO)cnc2CC1CC)NC(C)=O. The van der Waals surface area contributed by atoms with Gasteiger partial charge in [0.05, 0.1) is 5.56 Å². The highest BCUT2D eigenvalue weighted by molar-refractivity contribution is 5.93. The molecule has 2 amide bonds. The molecule has 0 saturated carbocycles. The van der Waals surface area contributed by atoms with Gasteiger partial charge >= 0.3 is 0 Å². The number of amides is 2. The molecule has 1 unspecified atom stereocenters. The predicted octanol–water partition coefficient (Wildman–Crippen LogP) is 1.77. The Labute approximate surface area is 148 Å². The number of nitrogens with one attached hydrogen (secondary N) is 2. The number of allylic oxidation sites excluding steroid dienone is 1.